The highest BCUT2D eigenvalue weighted by Gasteiger charge is 2.31. The van der Waals surface area contributed by atoms with Crippen molar-refractivity contribution in [1.29, 1.82) is 0 Å². The average Bonchev–Trinajstić information content (AvgIpc) is 2.86. The van der Waals surface area contributed by atoms with E-state index < -0.39 is 41.2 Å². The van der Waals surface area contributed by atoms with Crippen molar-refractivity contribution >= 4 is 17.1 Å². The van der Waals surface area contributed by atoms with Gasteiger partial charge < -0.3 is 13.9 Å². The topological polar surface area (TPSA) is 101 Å². The van der Waals surface area contributed by atoms with Crippen LogP contribution in [0.4, 0.5) is 4.39 Å². The van der Waals surface area contributed by atoms with Crippen LogP contribution < -0.4 is 16.1 Å². The Kier molecular flexibility index (Phi) is 7.24. The summed E-state index contributed by atoms with van der Waals surface area (Å²) < 4.78 is 31.8. The number of carbonyl (C=O) groups excluding carboxylic acids is 1. The molecule has 4 aromatic rings. The summed E-state index contributed by atoms with van der Waals surface area (Å²) in [5, 5.41) is 0. The van der Waals surface area contributed by atoms with Gasteiger partial charge in [0.25, 0.3) is 5.56 Å². The highest BCUT2D eigenvalue weighted by molar-refractivity contribution is 5.78. The van der Waals surface area contributed by atoms with Gasteiger partial charge in [0.15, 0.2) is 11.3 Å². The number of methoxy groups -OCH3 is 1. The number of halogens is 1. The predicted octanol–water partition coefficient (Wildman–Crippen LogP) is 4.44. The van der Waals surface area contributed by atoms with E-state index in [9.17, 15) is 14.4 Å². The summed E-state index contributed by atoms with van der Waals surface area (Å²) in [6, 6.07) is 12.5. The number of aromatic nitrogens is 2. The number of rotatable bonds is 7. The van der Waals surface area contributed by atoms with Crippen molar-refractivity contribution in [3.05, 3.63) is 104 Å². The first-order valence-corrected chi connectivity index (χ1v) is 11.7. The minimum Gasteiger partial charge on any atom is -0.493 e. The molecule has 2 aromatic carbocycles. The van der Waals surface area contributed by atoms with Gasteiger partial charge in [-0.05, 0) is 50.5 Å². The van der Waals surface area contributed by atoms with Crippen molar-refractivity contribution in [2.75, 3.05) is 7.11 Å². The van der Waals surface area contributed by atoms with Gasteiger partial charge in [0.2, 0.25) is 5.58 Å². The van der Waals surface area contributed by atoms with E-state index in [0.29, 0.717) is 10.1 Å². The van der Waals surface area contributed by atoms with Gasteiger partial charge in [-0.25, -0.2) is 23.5 Å². The Bertz CT molecular complexity index is 1570. The standard InChI is InChI=1S/C28H27FN2O6/c1-15-6-9-19(10-7-15)23(20-11-8-16(2)14-21(20)29)18(4)36-27(33)17(3)31-26(32)24-25(37-28(31)34)22(35-5)12-13-30-24/h6-14,17-18,23H,1-5H3/t17-,18-,23+/m0/s1. The van der Waals surface area contributed by atoms with Gasteiger partial charge in [-0.3, -0.25) is 4.79 Å². The molecule has 0 amide bonds. The van der Waals surface area contributed by atoms with E-state index in [1.54, 1.807) is 26.0 Å². The number of fused-ring (bicyclic) bond motifs is 1. The zero-order valence-corrected chi connectivity index (χ0v) is 21.2. The number of esters is 1. The zero-order chi connectivity index (χ0) is 26.9. The van der Waals surface area contributed by atoms with Crippen molar-refractivity contribution in [3.63, 3.8) is 0 Å². The predicted molar refractivity (Wildman–Crippen MR) is 136 cm³/mol. The van der Waals surface area contributed by atoms with E-state index in [2.05, 4.69) is 4.98 Å². The lowest BCUT2D eigenvalue weighted by Gasteiger charge is -2.27. The lowest BCUT2D eigenvalue weighted by molar-refractivity contribution is -0.152. The summed E-state index contributed by atoms with van der Waals surface area (Å²) in [6.07, 6.45) is 0.497. The van der Waals surface area contributed by atoms with E-state index in [4.69, 9.17) is 13.9 Å². The Morgan fingerprint density at radius 2 is 1.70 bits per heavy atom. The molecule has 0 saturated carbocycles. The second-order valence-electron chi connectivity index (χ2n) is 8.97. The summed E-state index contributed by atoms with van der Waals surface area (Å²) in [5.74, 6) is -2.80. The molecule has 37 heavy (non-hydrogen) atoms. The molecule has 3 atom stereocenters. The van der Waals surface area contributed by atoms with Crippen LogP contribution in [0.2, 0.25) is 0 Å². The maximum atomic E-state index is 15.0. The number of pyridine rings is 1. The number of hydrogen-bond acceptors (Lipinski definition) is 7. The SMILES string of the molecule is COc1ccnc2c(=O)n([C@@H](C)C(=O)O[C@@H](C)[C@H](c3ccc(C)cc3)c3ccc(C)cc3F)c(=O)oc12. The van der Waals surface area contributed by atoms with Crippen LogP contribution in [-0.4, -0.2) is 28.7 Å². The first kappa shape index (κ1) is 25.8. The minimum absolute atomic E-state index is 0.112. The Morgan fingerprint density at radius 3 is 2.35 bits per heavy atom. The largest absolute Gasteiger partial charge is 0.493 e. The fourth-order valence-electron chi connectivity index (χ4n) is 4.33. The highest BCUT2D eigenvalue weighted by atomic mass is 19.1. The Balaban J connectivity index is 1.70. The van der Waals surface area contributed by atoms with Crippen molar-refractivity contribution in [2.24, 2.45) is 0 Å². The summed E-state index contributed by atoms with van der Waals surface area (Å²) in [5.41, 5.74) is 1.81. The quantitative estimate of drug-likeness (QED) is 0.342. The molecule has 0 unspecified atom stereocenters. The minimum atomic E-state index is -1.33. The van der Waals surface area contributed by atoms with Gasteiger partial charge in [0.05, 0.1) is 7.11 Å². The normalized spacial score (nSPS) is 13.7. The highest BCUT2D eigenvalue weighted by Crippen LogP contribution is 2.33. The molecule has 0 saturated heterocycles. The van der Waals surface area contributed by atoms with Crippen LogP contribution >= 0.6 is 0 Å². The maximum Gasteiger partial charge on any atom is 0.423 e. The van der Waals surface area contributed by atoms with Crippen molar-refractivity contribution < 1.29 is 23.1 Å². The van der Waals surface area contributed by atoms with Crippen LogP contribution in [0.5, 0.6) is 5.75 Å². The molecule has 0 radical (unpaired) electrons. The molecule has 0 aliphatic heterocycles. The molecule has 0 N–H and O–H groups in total. The molecule has 4 rings (SSSR count). The van der Waals surface area contributed by atoms with E-state index in [1.807, 2.05) is 31.2 Å². The third kappa shape index (κ3) is 5.02. The summed E-state index contributed by atoms with van der Waals surface area (Å²) in [4.78, 5) is 42.9. The molecule has 2 heterocycles. The van der Waals surface area contributed by atoms with Gasteiger partial charge in [0, 0.05) is 18.2 Å². The number of aryl methyl sites for hydroxylation is 2. The molecular formula is C28H27FN2O6. The molecule has 9 heteroatoms. The number of hydrogen-bond donors (Lipinski definition) is 0. The Labute approximate surface area is 212 Å². The number of nitrogens with zero attached hydrogens (tertiary/aromatic N) is 2. The van der Waals surface area contributed by atoms with Crippen LogP contribution in [0.25, 0.3) is 11.1 Å². The molecular weight excluding hydrogens is 479 g/mol. The second kappa shape index (κ2) is 10.4. The van der Waals surface area contributed by atoms with Gasteiger partial charge >= 0.3 is 11.7 Å². The van der Waals surface area contributed by atoms with Crippen molar-refractivity contribution in [1.82, 2.24) is 9.55 Å². The number of carbonyl (C=O) groups is 1. The Morgan fingerprint density at radius 1 is 1.03 bits per heavy atom. The average molecular weight is 507 g/mol. The van der Waals surface area contributed by atoms with Crippen LogP contribution in [0.3, 0.4) is 0 Å². The smallest absolute Gasteiger partial charge is 0.423 e. The second-order valence-corrected chi connectivity index (χ2v) is 8.97. The molecule has 8 nitrogen and oxygen atoms in total. The first-order chi connectivity index (χ1) is 17.6. The van der Waals surface area contributed by atoms with Gasteiger partial charge in [-0.1, -0.05) is 42.0 Å². The van der Waals surface area contributed by atoms with Crippen LogP contribution in [0.1, 0.15) is 48.1 Å². The van der Waals surface area contributed by atoms with Gasteiger partial charge in [-0.2, -0.15) is 0 Å². The lowest BCUT2D eigenvalue weighted by atomic mass is 9.86. The van der Waals surface area contributed by atoms with Gasteiger partial charge in [0.1, 0.15) is 18.0 Å². The number of benzene rings is 2. The molecule has 0 fully saturated rings. The summed E-state index contributed by atoms with van der Waals surface area (Å²) in [6.45, 7) is 6.73. The number of ether oxygens (including phenoxy) is 2. The molecule has 0 aliphatic rings. The monoisotopic (exact) mass is 506 g/mol. The van der Waals surface area contributed by atoms with E-state index >= 15 is 4.39 Å². The van der Waals surface area contributed by atoms with Crippen LogP contribution in [0.15, 0.2) is 68.7 Å². The third-order valence-corrected chi connectivity index (χ3v) is 6.32. The lowest BCUT2D eigenvalue weighted by Crippen LogP contribution is -2.40. The molecule has 192 valence electrons. The first-order valence-electron chi connectivity index (χ1n) is 11.7. The Hall–Kier alpha value is -4.27. The maximum absolute atomic E-state index is 15.0. The van der Waals surface area contributed by atoms with Crippen LogP contribution in [-0.2, 0) is 9.53 Å². The fourth-order valence-corrected chi connectivity index (χ4v) is 4.33. The fraction of sp³-hybridized carbons (Fsp3) is 0.286. The zero-order valence-electron chi connectivity index (χ0n) is 21.2. The summed E-state index contributed by atoms with van der Waals surface area (Å²) >= 11 is 0. The molecule has 0 aliphatic carbocycles. The molecule has 0 spiro atoms. The van der Waals surface area contributed by atoms with Gasteiger partial charge in [-0.15, -0.1) is 0 Å². The van der Waals surface area contributed by atoms with E-state index in [0.717, 1.165) is 16.7 Å². The van der Waals surface area contributed by atoms with E-state index in [-0.39, 0.29) is 16.8 Å². The van der Waals surface area contributed by atoms with E-state index in [1.165, 1.54) is 32.4 Å². The van der Waals surface area contributed by atoms with Crippen LogP contribution in [0, 0.1) is 19.7 Å². The van der Waals surface area contributed by atoms with Crippen molar-refractivity contribution in [3.8, 4) is 5.75 Å². The molecule has 0 bridgehead atoms. The molecule has 2 aromatic heterocycles. The third-order valence-electron chi connectivity index (χ3n) is 6.32. The summed E-state index contributed by atoms with van der Waals surface area (Å²) in [7, 11) is 1.36. The van der Waals surface area contributed by atoms with Crippen molar-refractivity contribution in [2.45, 2.75) is 45.8 Å².